The van der Waals surface area contributed by atoms with E-state index in [4.69, 9.17) is 0 Å². The highest BCUT2D eigenvalue weighted by molar-refractivity contribution is 6.09. The van der Waals surface area contributed by atoms with Crippen molar-refractivity contribution in [3.63, 3.8) is 0 Å². The van der Waals surface area contributed by atoms with Gasteiger partial charge in [-0.3, -0.25) is 4.79 Å². The Bertz CT molecular complexity index is 1140. The van der Waals surface area contributed by atoms with E-state index in [0.717, 1.165) is 12.0 Å². The van der Waals surface area contributed by atoms with Crippen molar-refractivity contribution in [3.8, 4) is 11.8 Å². The highest BCUT2D eigenvalue weighted by atomic mass is 16.4. The number of amides is 1. The molecule has 0 unspecified atom stereocenters. The van der Waals surface area contributed by atoms with E-state index >= 15 is 0 Å². The van der Waals surface area contributed by atoms with Crippen LogP contribution in [0.5, 0.6) is 0 Å². The molecule has 1 aromatic heterocycles. The molecule has 1 amide bonds. The standard InChI is InChI=1S/C23H19N3O3/c1-2-16-7-3-4-11-21(16)25-22(27)18(15-24)14-20-10-6-12-26(20)19-9-5-8-17(13-19)23(28)29/h3-14H,2H2,1H3,(H,25,27)(H,28,29)/b18-14-. The third-order valence-electron chi connectivity index (χ3n) is 4.46. The summed E-state index contributed by atoms with van der Waals surface area (Å²) in [5.41, 5.74) is 2.96. The van der Waals surface area contributed by atoms with Crippen LogP contribution in [0.2, 0.25) is 0 Å². The van der Waals surface area contributed by atoms with Gasteiger partial charge in [0.1, 0.15) is 11.6 Å². The Labute approximate surface area is 168 Å². The summed E-state index contributed by atoms with van der Waals surface area (Å²) >= 11 is 0. The van der Waals surface area contributed by atoms with Crippen molar-refractivity contribution >= 4 is 23.6 Å². The number of carboxylic acid groups (broad SMARTS) is 1. The molecule has 6 heteroatoms. The smallest absolute Gasteiger partial charge is 0.335 e. The lowest BCUT2D eigenvalue weighted by atomic mass is 10.1. The third kappa shape index (κ3) is 4.42. The van der Waals surface area contributed by atoms with Crippen LogP contribution in [0.25, 0.3) is 11.8 Å². The molecule has 1 heterocycles. The van der Waals surface area contributed by atoms with Crippen molar-refractivity contribution in [3.05, 3.63) is 89.3 Å². The topological polar surface area (TPSA) is 95.1 Å². The summed E-state index contributed by atoms with van der Waals surface area (Å²) in [6, 6.07) is 19.3. The minimum atomic E-state index is -1.03. The fourth-order valence-electron chi connectivity index (χ4n) is 2.97. The van der Waals surface area contributed by atoms with Crippen molar-refractivity contribution in [1.82, 2.24) is 4.57 Å². The van der Waals surface area contributed by atoms with Crippen molar-refractivity contribution in [2.75, 3.05) is 5.32 Å². The Balaban J connectivity index is 1.92. The van der Waals surface area contributed by atoms with E-state index in [1.807, 2.05) is 31.2 Å². The number of hydrogen-bond donors (Lipinski definition) is 2. The van der Waals surface area contributed by atoms with Crippen molar-refractivity contribution in [2.45, 2.75) is 13.3 Å². The minimum absolute atomic E-state index is 0.0507. The van der Waals surface area contributed by atoms with Gasteiger partial charge in [-0.1, -0.05) is 31.2 Å². The van der Waals surface area contributed by atoms with Gasteiger partial charge in [0.15, 0.2) is 0 Å². The van der Waals surface area contributed by atoms with Gasteiger partial charge in [-0.05, 0) is 54.5 Å². The Morgan fingerprint density at radius 1 is 1.14 bits per heavy atom. The summed E-state index contributed by atoms with van der Waals surface area (Å²) in [5.74, 6) is -1.52. The number of nitrogens with zero attached hydrogens (tertiary/aromatic N) is 2. The monoisotopic (exact) mass is 385 g/mol. The maximum Gasteiger partial charge on any atom is 0.335 e. The number of nitrogens with one attached hydrogen (secondary N) is 1. The molecular formula is C23H19N3O3. The number of carboxylic acids is 1. The van der Waals surface area contributed by atoms with Gasteiger partial charge < -0.3 is 15.0 Å². The number of para-hydroxylation sites is 1. The molecule has 29 heavy (non-hydrogen) atoms. The Morgan fingerprint density at radius 3 is 2.66 bits per heavy atom. The van der Waals surface area contributed by atoms with Crippen LogP contribution in [0.15, 0.2) is 72.4 Å². The predicted octanol–water partition coefficient (Wildman–Crippen LogP) is 4.28. The number of aromatic nitrogens is 1. The van der Waals surface area contributed by atoms with Crippen LogP contribution in [-0.2, 0) is 11.2 Å². The first kappa shape index (κ1) is 19.6. The predicted molar refractivity (Wildman–Crippen MR) is 111 cm³/mol. The molecule has 0 saturated heterocycles. The van der Waals surface area contributed by atoms with E-state index in [-0.39, 0.29) is 11.1 Å². The number of aryl methyl sites for hydroxylation is 1. The van der Waals surface area contributed by atoms with Crippen LogP contribution in [0.3, 0.4) is 0 Å². The number of carbonyl (C=O) groups is 2. The molecule has 3 rings (SSSR count). The Kier molecular flexibility index (Phi) is 5.91. The number of aromatic carboxylic acids is 1. The van der Waals surface area contributed by atoms with Crippen LogP contribution in [0, 0.1) is 11.3 Å². The fraction of sp³-hybridized carbons (Fsp3) is 0.0870. The summed E-state index contributed by atoms with van der Waals surface area (Å²) in [6.45, 7) is 1.99. The first-order chi connectivity index (χ1) is 14.0. The third-order valence-corrected chi connectivity index (χ3v) is 4.46. The van der Waals surface area contributed by atoms with Gasteiger partial charge in [0, 0.05) is 23.3 Å². The van der Waals surface area contributed by atoms with Gasteiger partial charge in [-0.15, -0.1) is 0 Å². The lowest BCUT2D eigenvalue weighted by Gasteiger charge is -2.10. The summed E-state index contributed by atoms with van der Waals surface area (Å²) in [6.07, 6.45) is 3.98. The van der Waals surface area contributed by atoms with E-state index in [1.54, 1.807) is 41.1 Å². The lowest BCUT2D eigenvalue weighted by Crippen LogP contribution is -2.15. The average molecular weight is 385 g/mol. The minimum Gasteiger partial charge on any atom is -0.478 e. The normalized spacial score (nSPS) is 11.0. The molecule has 0 atom stereocenters. The molecule has 2 N–H and O–H groups in total. The average Bonchev–Trinajstić information content (AvgIpc) is 3.20. The largest absolute Gasteiger partial charge is 0.478 e. The fourth-order valence-corrected chi connectivity index (χ4v) is 2.97. The Hall–Kier alpha value is -4.11. The van der Waals surface area contributed by atoms with Gasteiger partial charge >= 0.3 is 5.97 Å². The van der Waals surface area contributed by atoms with Crippen LogP contribution in [-0.4, -0.2) is 21.6 Å². The van der Waals surface area contributed by atoms with Gasteiger partial charge in [0.25, 0.3) is 5.91 Å². The molecule has 0 bridgehead atoms. The van der Waals surface area contributed by atoms with Gasteiger partial charge in [-0.25, -0.2) is 4.79 Å². The van der Waals surface area contributed by atoms with E-state index < -0.39 is 11.9 Å². The number of benzene rings is 2. The van der Waals surface area contributed by atoms with Crippen molar-refractivity contribution < 1.29 is 14.7 Å². The first-order valence-electron chi connectivity index (χ1n) is 9.05. The van der Waals surface area contributed by atoms with Crippen LogP contribution in [0.4, 0.5) is 5.69 Å². The molecule has 0 radical (unpaired) electrons. The molecule has 144 valence electrons. The molecule has 0 fully saturated rings. The highest BCUT2D eigenvalue weighted by Crippen LogP contribution is 2.19. The van der Waals surface area contributed by atoms with E-state index in [9.17, 15) is 20.0 Å². The van der Waals surface area contributed by atoms with Crippen LogP contribution < -0.4 is 5.32 Å². The molecule has 2 aromatic carbocycles. The molecule has 0 aliphatic carbocycles. The summed E-state index contributed by atoms with van der Waals surface area (Å²) in [4.78, 5) is 23.9. The van der Waals surface area contributed by atoms with Crippen molar-refractivity contribution in [2.24, 2.45) is 0 Å². The number of nitriles is 1. The summed E-state index contributed by atoms with van der Waals surface area (Å²) in [5, 5.41) is 21.5. The lowest BCUT2D eigenvalue weighted by molar-refractivity contribution is -0.112. The zero-order chi connectivity index (χ0) is 20.8. The second kappa shape index (κ2) is 8.72. The van der Waals surface area contributed by atoms with E-state index in [1.165, 1.54) is 18.2 Å². The second-order valence-electron chi connectivity index (χ2n) is 6.29. The van der Waals surface area contributed by atoms with Gasteiger partial charge in [-0.2, -0.15) is 5.26 Å². The maximum absolute atomic E-state index is 12.6. The summed E-state index contributed by atoms with van der Waals surface area (Å²) < 4.78 is 1.72. The molecular weight excluding hydrogens is 366 g/mol. The zero-order valence-electron chi connectivity index (χ0n) is 15.8. The highest BCUT2D eigenvalue weighted by Gasteiger charge is 2.13. The number of anilines is 1. The van der Waals surface area contributed by atoms with Crippen LogP contribution in [0.1, 0.15) is 28.5 Å². The van der Waals surface area contributed by atoms with Gasteiger partial charge in [0.2, 0.25) is 0 Å². The van der Waals surface area contributed by atoms with Crippen molar-refractivity contribution in [1.29, 1.82) is 5.26 Å². The number of hydrogen-bond acceptors (Lipinski definition) is 3. The molecule has 0 spiro atoms. The molecule has 3 aromatic rings. The van der Waals surface area contributed by atoms with E-state index in [2.05, 4.69) is 5.32 Å². The SMILES string of the molecule is CCc1ccccc1NC(=O)/C(C#N)=C\c1cccn1-c1cccc(C(=O)O)c1. The summed E-state index contributed by atoms with van der Waals surface area (Å²) in [7, 11) is 0. The molecule has 6 nitrogen and oxygen atoms in total. The van der Waals surface area contributed by atoms with E-state index in [0.29, 0.717) is 17.1 Å². The molecule has 0 aliphatic rings. The zero-order valence-corrected chi connectivity index (χ0v) is 15.8. The maximum atomic E-state index is 12.6. The van der Waals surface area contributed by atoms with Crippen LogP contribution >= 0.6 is 0 Å². The second-order valence-corrected chi connectivity index (χ2v) is 6.29. The molecule has 0 saturated carbocycles. The Morgan fingerprint density at radius 2 is 1.93 bits per heavy atom. The molecule has 0 aliphatic heterocycles. The van der Waals surface area contributed by atoms with Gasteiger partial charge in [0.05, 0.1) is 5.56 Å². The number of carbonyl (C=O) groups excluding carboxylic acids is 1. The quantitative estimate of drug-likeness (QED) is 0.489. The first-order valence-corrected chi connectivity index (χ1v) is 9.05. The number of rotatable bonds is 6.